The molecular formula is C43H56N2O4. The number of carbonyl (C=O) groups excluding carboxylic acids is 2. The Bertz CT molecular complexity index is 1610. The molecule has 0 aromatic heterocycles. The predicted molar refractivity (Wildman–Crippen MR) is 197 cm³/mol. The van der Waals surface area contributed by atoms with Gasteiger partial charge in [0, 0.05) is 24.8 Å². The number of carbonyl (C=O) groups is 2. The molecule has 1 fully saturated rings. The van der Waals surface area contributed by atoms with Gasteiger partial charge in [0.25, 0.3) is 0 Å². The van der Waals surface area contributed by atoms with Gasteiger partial charge >= 0.3 is 0 Å². The molecule has 49 heavy (non-hydrogen) atoms. The van der Waals surface area contributed by atoms with Crippen molar-refractivity contribution < 1.29 is 19.4 Å². The maximum absolute atomic E-state index is 14.1. The molecule has 262 valence electrons. The van der Waals surface area contributed by atoms with Gasteiger partial charge in [0.15, 0.2) is 11.5 Å². The number of allylic oxidation sites excluding steroid dienone is 2. The molecule has 1 heterocycles. The van der Waals surface area contributed by atoms with Gasteiger partial charge in [-0.3, -0.25) is 9.59 Å². The zero-order chi connectivity index (χ0) is 34.9. The van der Waals surface area contributed by atoms with Crippen LogP contribution >= 0.6 is 0 Å². The number of unbranched alkanes of at least 4 members (excludes halogenated alkanes) is 1. The Kier molecular flexibility index (Phi) is 12.7. The van der Waals surface area contributed by atoms with Gasteiger partial charge in [0.05, 0.1) is 25.3 Å². The van der Waals surface area contributed by atoms with Crippen LogP contribution in [0, 0.1) is 41.4 Å². The van der Waals surface area contributed by atoms with Crippen LogP contribution in [0.1, 0.15) is 113 Å². The van der Waals surface area contributed by atoms with Crippen LogP contribution in [0.4, 0.5) is 0 Å². The normalized spacial score (nSPS) is 24.5. The smallest absolute Gasteiger partial charge is 0.160 e. The summed E-state index contributed by atoms with van der Waals surface area (Å²) in [6.45, 7) is 7.43. The number of fused-ring (bicyclic) bond motifs is 2. The van der Waals surface area contributed by atoms with Gasteiger partial charge in [-0.15, -0.1) is 0 Å². The number of methoxy groups -OCH3 is 1. The fraction of sp³-hybridized carbons (Fsp3) is 0.535. The lowest BCUT2D eigenvalue weighted by molar-refractivity contribution is -0.130. The van der Waals surface area contributed by atoms with Crippen LogP contribution < -0.4 is 15.8 Å². The van der Waals surface area contributed by atoms with E-state index >= 15 is 0 Å². The Morgan fingerprint density at radius 1 is 1.04 bits per heavy atom. The number of hydrogen-bond donors (Lipinski definition) is 3. The summed E-state index contributed by atoms with van der Waals surface area (Å²) in [7, 11) is 1.54. The number of ether oxygens (including phenoxy) is 1. The van der Waals surface area contributed by atoms with E-state index in [1.54, 1.807) is 13.2 Å². The molecule has 2 aliphatic carbocycles. The second-order valence-electron chi connectivity index (χ2n) is 15.0. The Hall–Kier alpha value is -3.98. The zero-order valence-corrected chi connectivity index (χ0v) is 30.0. The fourth-order valence-corrected chi connectivity index (χ4v) is 8.17. The number of benzene rings is 2. The average Bonchev–Trinajstić information content (AvgIpc) is 3.24. The maximum Gasteiger partial charge on any atom is 0.160 e. The first-order valence-corrected chi connectivity index (χ1v) is 18.6. The molecule has 0 spiro atoms. The van der Waals surface area contributed by atoms with Gasteiger partial charge in [0.2, 0.25) is 0 Å². The molecule has 0 unspecified atom stereocenters. The Labute approximate surface area is 294 Å². The summed E-state index contributed by atoms with van der Waals surface area (Å²) in [4.78, 5) is 27.6. The lowest BCUT2D eigenvalue weighted by Crippen LogP contribution is -2.27. The fourth-order valence-electron chi connectivity index (χ4n) is 8.17. The minimum Gasteiger partial charge on any atom is -0.504 e. The quantitative estimate of drug-likeness (QED) is 0.175. The molecule has 5 atom stereocenters. The van der Waals surface area contributed by atoms with Crippen molar-refractivity contribution in [3.05, 3.63) is 82.2 Å². The first-order valence-electron chi connectivity index (χ1n) is 18.6. The number of nitrogens with two attached hydrogens (primary N) is 1. The standard InChI is InChI=1S/C43H56N2O4/c1-5-6-9-29-20-31(21-30-18-19-45-43(44)24-30)22-33-15-17-37(36-11-8-7-10-32(36)13-12-28(2)3)38-27-41(48)42(49-4)25-34(38)14-16-35(46)26-40(47)39(33)23-29/h7-8,10-11,18,24-25,27-29,31,33,37,39,45,48H,5-6,9,12-14,16,19-23,26,44H2,1-4H3/t29-,31+,33+,37+,39+/m0/s1. The van der Waals surface area contributed by atoms with Gasteiger partial charge in [-0.25, -0.2) is 0 Å². The number of Topliss-reactive ketones (excluding diaryl/α,β-unsaturated/α-hetero) is 2. The highest BCUT2D eigenvalue weighted by atomic mass is 16.5. The molecule has 0 saturated heterocycles. The molecule has 5 rings (SSSR count). The zero-order valence-electron chi connectivity index (χ0n) is 30.0. The van der Waals surface area contributed by atoms with Crippen LogP contribution in [0.2, 0.25) is 0 Å². The van der Waals surface area contributed by atoms with Gasteiger partial charge in [-0.05, 0) is 109 Å². The van der Waals surface area contributed by atoms with E-state index in [1.807, 2.05) is 12.1 Å². The molecule has 1 saturated carbocycles. The van der Waals surface area contributed by atoms with E-state index in [9.17, 15) is 14.7 Å². The third-order valence-electron chi connectivity index (χ3n) is 10.8. The van der Waals surface area contributed by atoms with Crippen LogP contribution in [0.15, 0.2) is 59.9 Å². The summed E-state index contributed by atoms with van der Waals surface area (Å²) in [5.74, 6) is 9.21. The number of rotatable bonds is 10. The third-order valence-corrected chi connectivity index (χ3v) is 10.8. The van der Waals surface area contributed by atoms with E-state index in [-0.39, 0.29) is 47.9 Å². The van der Waals surface area contributed by atoms with Crippen molar-refractivity contribution in [3.63, 3.8) is 0 Å². The summed E-state index contributed by atoms with van der Waals surface area (Å²) in [5.41, 5.74) is 11.6. The molecule has 0 radical (unpaired) electrons. The van der Waals surface area contributed by atoms with Crippen molar-refractivity contribution in [1.82, 2.24) is 5.32 Å². The molecule has 0 amide bonds. The SMILES string of the molecule is CCCC[C@H]1C[C@H](CC2=CCNC(N)=C2)C[C@H]2C#C[C@H](c3ccccc3CCC(C)C)c3cc(O)c(OC)cc3CCC(=O)CC(=O)[C@@H]2C1. The largest absolute Gasteiger partial charge is 0.504 e. The lowest BCUT2D eigenvalue weighted by Gasteiger charge is -2.25. The van der Waals surface area contributed by atoms with E-state index in [0.717, 1.165) is 81.0 Å². The summed E-state index contributed by atoms with van der Waals surface area (Å²) in [6.07, 6.45) is 13.8. The molecular weight excluding hydrogens is 608 g/mol. The van der Waals surface area contributed by atoms with Crippen LogP contribution in [0.25, 0.3) is 0 Å². The van der Waals surface area contributed by atoms with E-state index in [0.29, 0.717) is 35.7 Å². The third kappa shape index (κ3) is 9.59. The minimum absolute atomic E-state index is 0.0319. The van der Waals surface area contributed by atoms with Gasteiger partial charge < -0.3 is 20.9 Å². The van der Waals surface area contributed by atoms with Gasteiger partial charge in [0.1, 0.15) is 11.6 Å². The number of phenols is 1. The Morgan fingerprint density at radius 2 is 1.86 bits per heavy atom. The monoisotopic (exact) mass is 664 g/mol. The number of phenolic OH excluding ortho intramolecular Hbond substituents is 1. The van der Waals surface area contributed by atoms with Crippen molar-refractivity contribution >= 4 is 11.6 Å². The number of aryl methyl sites for hydroxylation is 2. The number of aromatic hydroxyl groups is 1. The van der Waals surface area contributed by atoms with Crippen molar-refractivity contribution in [2.45, 2.75) is 104 Å². The Balaban J connectivity index is 1.65. The number of ketones is 2. The van der Waals surface area contributed by atoms with E-state index in [2.05, 4.69) is 68.3 Å². The van der Waals surface area contributed by atoms with Crippen molar-refractivity contribution in [2.24, 2.45) is 35.3 Å². The first kappa shape index (κ1) is 36.3. The topological polar surface area (TPSA) is 102 Å². The second kappa shape index (κ2) is 17.1. The van der Waals surface area contributed by atoms with Crippen LogP contribution in [0.5, 0.6) is 11.5 Å². The number of nitrogens with one attached hydrogen (secondary N) is 1. The summed E-state index contributed by atoms with van der Waals surface area (Å²) in [5, 5.41) is 14.3. The van der Waals surface area contributed by atoms with Crippen molar-refractivity contribution in [2.75, 3.05) is 13.7 Å². The minimum atomic E-state index is -0.326. The number of hydrogen-bond acceptors (Lipinski definition) is 6. The number of dihydropyridines is 1. The van der Waals surface area contributed by atoms with E-state index in [4.69, 9.17) is 10.5 Å². The molecule has 1 aliphatic heterocycles. The van der Waals surface area contributed by atoms with E-state index < -0.39 is 0 Å². The molecule has 3 aliphatic rings. The van der Waals surface area contributed by atoms with Crippen LogP contribution in [-0.2, 0) is 22.4 Å². The Morgan fingerprint density at radius 3 is 2.61 bits per heavy atom. The molecule has 0 bridgehead atoms. The van der Waals surface area contributed by atoms with Crippen LogP contribution in [-0.4, -0.2) is 30.3 Å². The molecule has 6 nitrogen and oxygen atoms in total. The van der Waals surface area contributed by atoms with Crippen molar-refractivity contribution in [3.8, 4) is 23.3 Å². The maximum atomic E-state index is 14.1. The van der Waals surface area contributed by atoms with Gasteiger partial charge in [-0.1, -0.05) is 82.2 Å². The van der Waals surface area contributed by atoms with Crippen molar-refractivity contribution in [1.29, 1.82) is 0 Å². The molecule has 2 aromatic carbocycles. The highest BCUT2D eigenvalue weighted by Crippen LogP contribution is 2.43. The molecule has 4 N–H and O–H groups in total. The summed E-state index contributed by atoms with van der Waals surface area (Å²) in [6, 6.07) is 12.2. The van der Waals surface area contributed by atoms with Crippen LogP contribution in [0.3, 0.4) is 0 Å². The van der Waals surface area contributed by atoms with E-state index in [1.165, 1.54) is 11.1 Å². The highest BCUT2D eigenvalue weighted by molar-refractivity contribution is 6.00. The molecule has 2 aromatic rings. The highest BCUT2D eigenvalue weighted by Gasteiger charge is 2.37. The summed E-state index contributed by atoms with van der Waals surface area (Å²) >= 11 is 0. The summed E-state index contributed by atoms with van der Waals surface area (Å²) < 4.78 is 5.52. The predicted octanol–water partition coefficient (Wildman–Crippen LogP) is 8.16. The average molecular weight is 665 g/mol. The van der Waals surface area contributed by atoms with Gasteiger partial charge in [-0.2, -0.15) is 0 Å². The molecule has 6 heteroatoms. The second-order valence-corrected chi connectivity index (χ2v) is 15.0. The first-order chi connectivity index (χ1) is 23.6. The lowest BCUT2D eigenvalue weighted by atomic mass is 9.77.